The maximum absolute atomic E-state index is 10.1. The van der Waals surface area contributed by atoms with Crippen LogP contribution in [0.1, 0.15) is 11.3 Å². The summed E-state index contributed by atoms with van der Waals surface area (Å²) < 4.78 is 1.72. The molecule has 0 spiro atoms. The molecule has 10 heavy (non-hydrogen) atoms. The van der Waals surface area contributed by atoms with Crippen molar-refractivity contribution in [3.05, 3.63) is 17.5 Å². The Morgan fingerprint density at radius 1 is 1.80 bits per heavy atom. The first-order chi connectivity index (χ1) is 4.74. The van der Waals surface area contributed by atoms with Gasteiger partial charge in [-0.2, -0.15) is 5.10 Å². The largest absolute Gasteiger partial charge is 0.303 e. The Hall–Kier alpha value is -1.12. The van der Waals surface area contributed by atoms with Gasteiger partial charge in [-0.25, -0.2) is 0 Å². The third-order valence-electron chi connectivity index (χ3n) is 1.42. The SMILES string of the molecule is Cc1nn(C)cc1CC=O. The zero-order valence-electron chi connectivity index (χ0n) is 6.16. The number of aldehydes is 1. The van der Waals surface area contributed by atoms with Crippen LogP contribution < -0.4 is 0 Å². The third kappa shape index (κ3) is 1.23. The minimum Gasteiger partial charge on any atom is -0.303 e. The molecular formula is C7H10N2O. The Morgan fingerprint density at radius 3 is 2.90 bits per heavy atom. The summed E-state index contributed by atoms with van der Waals surface area (Å²) in [4.78, 5) is 10.1. The highest BCUT2D eigenvalue weighted by Crippen LogP contribution is 2.02. The fourth-order valence-corrected chi connectivity index (χ4v) is 0.939. The van der Waals surface area contributed by atoms with E-state index in [1.54, 1.807) is 4.68 Å². The van der Waals surface area contributed by atoms with E-state index >= 15 is 0 Å². The summed E-state index contributed by atoms with van der Waals surface area (Å²) >= 11 is 0. The van der Waals surface area contributed by atoms with Crippen molar-refractivity contribution in [2.24, 2.45) is 7.05 Å². The Morgan fingerprint density at radius 2 is 2.50 bits per heavy atom. The molecule has 0 amide bonds. The van der Waals surface area contributed by atoms with E-state index in [4.69, 9.17) is 0 Å². The van der Waals surface area contributed by atoms with Crippen LogP contribution in [-0.2, 0) is 18.3 Å². The minimum absolute atomic E-state index is 0.472. The second-order valence-corrected chi connectivity index (χ2v) is 2.28. The lowest BCUT2D eigenvalue weighted by Gasteiger charge is -1.84. The van der Waals surface area contributed by atoms with Gasteiger partial charge in [0.15, 0.2) is 0 Å². The second-order valence-electron chi connectivity index (χ2n) is 2.28. The van der Waals surface area contributed by atoms with E-state index in [2.05, 4.69) is 5.10 Å². The van der Waals surface area contributed by atoms with Crippen molar-refractivity contribution < 1.29 is 4.79 Å². The predicted molar refractivity (Wildman–Crippen MR) is 37.7 cm³/mol. The summed E-state index contributed by atoms with van der Waals surface area (Å²) in [5, 5.41) is 4.09. The van der Waals surface area contributed by atoms with Crippen molar-refractivity contribution >= 4 is 6.29 Å². The molecule has 0 radical (unpaired) electrons. The molecule has 54 valence electrons. The summed E-state index contributed by atoms with van der Waals surface area (Å²) in [5.41, 5.74) is 1.95. The number of nitrogens with zero attached hydrogens (tertiary/aromatic N) is 2. The highest BCUT2D eigenvalue weighted by Gasteiger charge is 1.99. The lowest BCUT2D eigenvalue weighted by atomic mass is 10.2. The van der Waals surface area contributed by atoms with Crippen LogP contribution in [0.5, 0.6) is 0 Å². The van der Waals surface area contributed by atoms with Crippen LogP contribution in [0.2, 0.25) is 0 Å². The van der Waals surface area contributed by atoms with E-state index in [-0.39, 0.29) is 0 Å². The third-order valence-corrected chi connectivity index (χ3v) is 1.42. The molecule has 1 aromatic rings. The van der Waals surface area contributed by atoms with E-state index in [1.807, 2.05) is 20.2 Å². The molecule has 0 aliphatic heterocycles. The highest BCUT2D eigenvalue weighted by molar-refractivity contribution is 5.55. The fourth-order valence-electron chi connectivity index (χ4n) is 0.939. The maximum atomic E-state index is 10.1. The van der Waals surface area contributed by atoms with Gasteiger partial charge in [0.25, 0.3) is 0 Å². The number of hydrogen-bond acceptors (Lipinski definition) is 2. The van der Waals surface area contributed by atoms with Gasteiger partial charge in [-0.3, -0.25) is 4.68 Å². The molecule has 0 N–H and O–H groups in total. The van der Waals surface area contributed by atoms with E-state index in [0.717, 1.165) is 17.5 Å². The summed E-state index contributed by atoms with van der Waals surface area (Å²) in [5.74, 6) is 0. The molecule has 1 rings (SSSR count). The Kier molecular flexibility index (Phi) is 1.85. The van der Waals surface area contributed by atoms with E-state index in [1.165, 1.54) is 0 Å². The molecule has 0 saturated carbocycles. The Bertz CT molecular complexity index is 240. The topological polar surface area (TPSA) is 34.9 Å². The van der Waals surface area contributed by atoms with Crippen LogP contribution in [0.25, 0.3) is 0 Å². The number of carbonyl (C=O) groups excluding carboxylic acids is 1. The van der Waals surface area contributed by atoms with Crippen LogP contribution in [0.3, 0.4) is 0 Å². The van der Waals surface area contributed by atoms with Gasteiger partial charge in [0.05, 0.1) is 5.69 Å². The summed E-state index contributed by atoms with van der Waals surface area (Å²) in [7, 11) is 1.85. The van der Waals surface area contributed by atoms with Crippen LogP contribution in [-0.4, -0.2) is 16.1 Å². The normalized spacial score (nSPS) is 9.80. The zero-order valence-corrected chi connectivity index (χ0v) is 6.16. The summed E-state index contributed by atoms with van der Waals surface area (Å²) in [6.45, 7) is 1.90. The van der Waals surface area contributed by atoms with Gasteiger partial charge in [-0.15, -0.1) is 0 Å². The Labute approximate surface area is 59.7 Å². The van der Waals surface area contributed by atoms with E-state index < -0.39 is 0 Å². The van der Waals surface area contributed by atoms with Gasteiger partial charge in [-0.1, -0.05) is 0 Å². The van der Waals surface area contributed by atoms with Crippen molar-refractivity contribution in [1.29, 1.82) is 0 Å². The van der Waals surface area contributed by atoms with E-state index in [0.29, 0.717) is 6.42 Å². The molecule has 0 aromatic carbocycles. The first-order valence-corrected chi connectivity index (χ1v) is 3.17. The predicted octanol–water partition coefficient (Wildman–Crippen LogP) is 0.470. The van der Waals surface area contributed by atoms with Gasteiger partial charge in [0.2, 0.25) is 0 Å². The molecule has 3 heteroatoms. The average molecular weight is 138 g/mol. The molecular weight excluding hydrogens is 128 g/mol. The number of carbonyl (C=O) groups is 1. The van der Waals surface area contributed by atoms with Gasteiger partial charge >= 0.3 is 0 Å². The van der Waals surface area contributed by atoms with Gasteiger partial charge < -0.3 is 4.79 Å². The number of hydrogen-bond donors (Lipinski definition) is 0. The first kappa shape index (κ1) is 6.99. The monoisotopic (exact) mass is 138 g/mol. The summed E-state index contributed by atoms with van der Waals surface area (Å²) in [6.07, 6.45) is 3.23. The lowest BCUT2D eigenvalue weighted by molar-refractivity contribution is -0.107. The van der Waals surface area contributed by atoms with Crippen LogP contribution in [0.4, 0.5) is 0 Å². The molecule has 0 fully saturated rings. The van der Waals surface area contributed by atoms with E-state index in [9.17, 15) is 4.79 Å². The minimum atomic E-state index is 0.472. The fraction of sp³-hybridized carbons (Fsp3) is 0.429. The summed E-state index contributed by atoms with van der Waals surface area (Å²) in [6, 6.07) is 0. The van der Waals surface area contributed by atoms with Crippen LogP contribution >= 0.6 is 0 Å². The quantitative estimate of drug-likeness (QED) is 0.557. The molecule has 0 aliphatic rings. The van der Waals surface area contributed by atoms with Crippen molar-refractivity contribution in [2.75, 3.05) is 0 Å². The van der Waals surface area contributed by atoms with Crippen molar-refractivity contribution in [3.8, 4) is 0 Å². The van der Waals surface area contributed by atoms with Crippen LogP contribution in [0, 0.1) is 6.92 Å². The first-order valence-electron chi connectivity index (χ1n) is 3.17. The van der Waals surface area contributed by atoms with Crippen molar-refractivity contribution in [2.45, 2.75) is 13.3 Å². The second kappa shape index (κ2) is 2.64. The molecule has 0 aliphatic carbocycles. The number of rotatable bonds is 2. The molecule has 1 aromatic heterocycles. The van der Waals surface area contributed by atoms with Crippen molar-refractivity contribution in [3.63, 3.8) is 0 Å². The molecule has 1 heterocycles. The van der Waals surface area contributed by atoms with Crippen molar-refractivity contribution in [1.82, 2.24) is 9.78 Å². The van der Waals surface area contributed by atoms with Crippen LogP contribution in [0.15, 0.2) is 6.20 Å². The number of aromatic nitrogens is 2. The Balaban J connectivity index is 2.91. The highest BCUT2D eigenvalue weighted by atomic mass is 16.1. The molecule has 0 saturated heterocycles. The smallest absolute Gasteiger partial charge is 0.124 e. The van der Waals surface area contributed by atoms with Gasteiger partial charge in [0, 0.05) is 25.2 Å². The maximum Gasteiger partial charge on any atom is 0.124 e. The number of aryl methyl sites for hydroxylation is 2. The molecule has 0 bridgehead atoms. The van der Waals surface area contributed by atoms with Gasteiger partial charge in [-0.05, 0) is 6.92 Å². The lowest BCUT2D eigenvalue weighted by Crippen LogP contribution is -1.86. The van der Waals surface area contributed by atoms with Gasteiger partial charge in [0.1, 0.15) is 6.29 Å². The zero-order chi connectivity index (χ0) is 7.56. The molecule has 0 atom stereocenters. The molecule has 3 nitrogen and oxygen atoms in total. The molecule has 0 unspecified atom stereocenters. The average Bonchev–Trinajstić information content (AvgIpc) is 2.13. The standard InChI is InChI=1S/C7H10N2O/c1-6-7(3-4-10)5-9(2)8-6/h4-5H,3H2,1-2H3.